The van der Waals surface area contributed by atoms with Gasteiger partial charge in [-0.25, -0.2) is 8.42 Å². The van der Waals surface area contributed by atoms with Gasteiger partial charge in [-0.3, -0.25) is 0 Å². The molecule has 0 fully saturated rings. The molecule has 262 valence electrons. The Morgan fingerprint density at radius 1 is 0.533 bits per heavy atom. The number of hydrogen-bond acceptors (Lipinski definition) is 6. The van der Waals surface area contributed by atoms with Gasteiger partial charge in [-0.2, -0.15) is 0 Å². The molecule has 0 spiro atoms. The second-order valence-corrected chi connectivity index (χ2v) is 26.5. The summed E-state index contributed by atoms with van der Waals surface area (Å²) < 4.78 is 50.3. The van der Waals surface area contributed by atoms with Crippen molar-refractivity contribution in [1.82, 2.24) is 0 Å². The maximum Gasteiger partial charge on any atom is 0.270 e. The van der Waals surface area contributed by atoms with E-state index in [2.05, 4.69) is 83.1 Å². The Balaban J connectivity index is 0.00000285. The number of methoxy groups -OCH3 is 2. The standard InChI is InChI=1S/C30H62O6SSi2.C6H6/c1-23(2)38(24(3)4,25(5)6)35-21-17-15-19-29(33-13)37(31,32)30(34-14)20-16-18-22-36-39(26(7)8,27(9)10)28(11)12;1-2-4-6-5-3-1/h19-20,23-28H,15-18,21-22H2,1-14H3;1-6H/b29-19+,30-20+;. The first-order chi connectivity index (χ1) is 21.0. The summed E-state index contributed by atoms with van der Waals surface area (Å²) in [6.45, 7) is 28.5. The van der Waals surface area contributed by atoms with Crippen LogP contribution < -0.4 is 0 Å². The molecule has 0 amide bonds. The van der Waals surface area contributed by atoms with Crippen LogP contribution >= 0.6 is 0 Å². The Bertz CT molecular complexity index is 946. The topological polar surface area (TPSA) is 71.1 Å². The third kappa shape index (κ3) is 12.6. The molecule has 45 heavy (non-hydrogen) atoms. The third-order valence-corrected chi connectivity index (χ3v) is 23.0. The highest BCUT2D eigenvalue weighted by molar-refractivity contribution is 7.98. The van der Waals surface area contributed by atoms with E-state index in [-0.39, 0.29) is 10.2 Å². The Kier molecular flexibility index (Phi) is 20.8. The predicted molar refractivity (Wildman–Crippen MR) is 198 cm³/mol. The molecule has 0 radical (unpaired) electrons. The molecule has 0 bridgehead atoms. The van der Waals surface area contributed by atoms with Gasteiger partial charge in [0.15, 0.2) is 16.6 Å². The Morgan fingerprint density at radius 2 is 0.778 bits per heavy atom. The van der Waals surface area contributed by atoms with Crippen molar-refractivity contribution in [1.29, 1.82) is 0 Å². The molecular formula is C36H68O6SSi2. The molecule has 0 unspecified atom stereocenters. The fourth-order valence-electron chi connectivity index (χ4n) is 7.19. The van der Waals surface area contributed by atoms with E-state index in [9.17, 15) is 8.42 Å². The molecule has 0 atom stereocenters. The Hall–Kier alpha value is -1.40. The van der Waals surface area contributed by atoms with Crippen molar-refractivity contribution in [3.8, 4) is 0 Å². The summed E-state index contributed by atoms with van der Waals surface area (Å²) in [5.74, 6) is 0. The summed E-state index contributed by atoms with van der Waals surface area (Å²) in [5, 5.41) is -0.143. The molecule has 0 aromatic heterocycles. The van der Waals surface area contributed by atoms with Crippen LogP contribution in [-0.2, 0) is 28.2 Å². The lowest BCUT2D eigenvalue weighted by atomic mass is 10.3. The predicted octanol–water partition coefficient (Wildman–Crippen LogP) is 11.0. The van der Waals surface area contributed by atoms with Gasteiger partial charge in [0, 0.05) is 13.2 Å². The van der Waals surface area contributed by atoms with Gasteiger partial charge in [0.05, 0.1) is 14.2 Å². The SMILES string of the molecule is CO/C(=C\CCCO[Si](C(C)C)(C(C)C)C(C)C)S(=O)(=O)/C(=C/CCCO[Si](C(C)C)(C(C)C)C(C)C)OC.c1ccccc1. The van der Waals surface area contributed by atoms with Crippen LogP contribution in [0.25, 0.3) is 0 Å². The molecule has 0 saturated heterocycles. The zero-order chi connectivity index (χ0) is 34.8. The molecule has 1 rings (SSSR count). The highest BCUT2D eigenvalue weighted by Crippen LogP contribution is 2.43. The minimum absolute atomic E-state index is 0.0715. The van der Waals surface area contributed by atoms with Gasteiger partial charge < -0.3 is 18.3 Å². The van der Waals surface area contributed by atoms with Crippen molar-refractivity contribution in [3.05, 3.63) is 58.7 Å². The van der Waals surface area contributed by atoms with E-state index >= 15 is 0 Å². The van der Waals surface area contributed by atoms with Crippen molar-refractivity contribution in [3.63, 3.8) is 0 Å². The summed E-state index contributed by atoms with van der Waals surface area (Å²) in [5.41, 5.74) is 3.10. The number of hydrogen-bond donors (Lipinski definition) is 0. The lowest BCUT2D eigenvalue weighted by Gasteiger charge is -2.42. The average Bonchev–Trinajstić information content (AvgIpc) is 2.96. The van der Waals surface area contributed by atoms with Crippen LogP contribution in [0, 0.1) is 0 Å². The lowest BCUT2D eigenvalue weighted by molar-refractivity contribution is 0.270. The second kappa shape index (κ2) is 21.5. The number of benzene rings is 1. The van der Waals surface area contributed by atoms with Crippen LogP contribution in [0.3, 0.4) is 0 Å². The van der Waals surface area contributed by atoms with E-state index in [0.717, 1.165) is 12.8 Å². The molecule has 0 aliphatic heterocycles. The summed E-state index contributed by atoms with van der Waals surface area (Å²) in [4.78, 5) is 0. The largest absolute Gasteiger partial charge is 0.486 e. The first kappa shape index (κ1) is 43.6. The Morgan fingerprint density at radius 3 is 0.978 bits per heavy atom. The first-order valence-corrected chi connectivity index (χ1v) is 22.8. The van der Waals surface area contributed by atoms with E-state index in [0.29, 0.717) is 59.3 Å². The van der Waals surface area contributed by atoms with Gasteiger partial charge in [0.1, 0.15) is 0 Å². The molecule has 6 nitrogen and oxygen atoms in total. The number of ether oxygens (including phenoxy) is 2. The second-order valence-electron chi connectivity index (χ2n) is 13.7. The monoisotopic (exact) mass is 684 g/mol. The summed E-state index contributed by atoms with van der Waals surface area (Å²) in [7, 11) is -4.94. The molecule has 0 aliphatic carbocycles. The first-order valence-electron chi connectivity index (χ1n) is 17.0. The van der Waals surface area contributed by atoms with Gasteiger partial charge in [-0.1, -0.05) is 119 Å². The molecule has 9 heteroatoms. The van der Waals surface area contributed by atoms with Crippen LogP contribution in [0.4, 0.5) is 0 Å². The fraction of sp³-hybridized carbons (Fsp3) is 0.722. The van der Waals surface area contributed by atoms with E-state index in [1.54, 1.807) is 12.2 Å². The minimum atomic E-state index is -3.86. The van der Waals surface area contributed by atoms with Crippen LogP contribution in [0.15, 0.2) is 58.7 Å². The van der Waals surface area contributed by atoms with Crippen LogP contribution in [0.1, 0.15) is 109 Å². The molecule has 1 aromatic rings. The van der Waals surface area contributed by atoms with Crippen LogP contribution in [-0.4, -0.2) is 52.5 Å². The van der Waals surface area contributed by atoms with Crippen LogP contribution in [0.2, 0.25) is 33.2 Å². The van der Waals surface area contributed by atoms with Crippen molar-refractivity contribution < 1.29 is 26.7 Å². The minimum Gasteiger partial charge on any atom is -0.486 e. The number of sulfone groups is 1. The highest BCUT2D eigenvalue weighted by Gasteiger charge is 2.45. The van der Waals surface area contributed by atoms with Gasteiger partial charge >= 0.3 is 0 Å². The fourth-order valence-corrected chi connectivity index (χ4v) is 19.5. The van der Waals surface area contributed by atoms with Gasteiger partial charge in [-0.05, 0) is 71.1 Å². The van der Waals surface area contributed by atoms with E-state index in [1.807, 2.05) is 36.4 Å². The van der Waals surface area contributed by atoms with Crippen molar-refractivity contribution in [2.24, 2.45) is 0 Å². The third-order valence-electron chi connectivity index (χ3n) is 9.04. The van der Waals surface area contributed by atoms with Gasteiger partial charge in [-0.15, -0.1) is 0 Å². The smallest absolute Gasteiger partial charge is 0.270 e. The molecular weight excluding hydrogens is 617 g/mol. The van der Waals surface area contributed by atoms with Crippen LogP contribution in [0.5, 0.6) is 0 Å². The average molecular weight is 685 g/mol. The van der Waals surface area contributed by atoms with E-state index < -0.39 is 26.5 Å². The maximum absolute atomic E-state index is 13.2. The summed E-state index contributed by atoms with van der Waals surface area (Å²) >= 11 is 0. The number of unbranched alkanes of at least 4 members (excludes halogenated alkanes) is 2. The molecule has 0 aliphatic rings. The number of allylic oxidation sites excluding steroid dienone is 2. The maximum atomic E-state index is 13.2. The van der Waals surface area contributed by atoms with Gasteiger partial charge in [0.2, 0.25) is 10.2 Å². The molecule has 0 heterocycles. The zero-order valence-electron chi connectivity index (χ0n) is 31.2. The summed E-state index contributed by atoms with van der Waals surface area (Å²) in [6, 6.07) is 12.0. The van der Waals surface area contributed by atoms with Gasteiger partial charge in [0.25, 0.3) is 9.84 Å². The lowest BCUT2D eigenvalue weighted by Crippen LogP contribution is -2.47. The quantitative estimate of drug-likeness (QED) is 0.0773. The highest BCUT2D eigenvalue weighted by atomic mass is 32.2. The number of rotatable bonds is 20. The normalized spacial score (nSPS) is 13.7. The van der Waals surface area contributed by atoms with Crippen molar-refractivity contribution in [2.75, 3.05) is 27.4 Å². The van der Waals surface area contributed by atoms with Crippen molar-refractivity contribution in [2.45, 2.75) is 142 Å². The zero-order valence-corrected chi connectivity index (χ0v) is 34.0. The van der Waals surface area contributed by atoms with E-state index in [4.69, 9.17) is 18.3 Å². The van der Waals surface area contributed by atoms with Crippen molar-refractivity contribution >= 4 is 26.5 Å². The summed E-state index contributed by atoms with van der Waals surface area (Å²) in [6.07, 6.45) is 5.87. The Labute approximate surface area is 280 Å². The molecule has 0 saturated carbocycles. The molecule has 0 N–H and O–H groups in total. The molecule has 1 aromatic carbocycles. The van der Waals surface area contributed by atoms with E-state index in [1.165, 1.54) is 14.2 Å².